The Morgan fingerprint density at radius 2 is 1.79 bits per heavy atom. The highest BCUT2D eigenvalue weighted by Gasteiger charge is 2.16. The summed E-state index contributed by atoms with van der Waals surface area (Å²) in [6, 6.07) is 23.1. The molecule has 6 heteroatoms. The molecule has 0 saturated heterocycles. The van der Waals surface area contributed by atoms with E-state index in [1.165, 1.54) is 21.9 Å². The van der Waals surface area contributed by atoms with Crippen molar-refractivity contribution < 1.29 is 4.79 Å². The Kier molecular flexibility index (Phi) is 8.51. The fourth-order valence-electron chi connectivity index (χ4n) is 5.21. The Bertz CT molecular complexity index is 1520. The average molecular weight is 521 g/mol. The number of anilines is 1. The summed E-state index contributed by atoms with van der Waals surface area (Å²) in [5.41, 5.74) is 4.41. The van der Waals surface area contributed by atoms with Crippen molar-refractivity contribution in [2.75, 3.05) is 5.32 Å². The molecule has 200 valence electrons. The minimum atomic E-state index is -0.157. The fourth-order valence-corrected chi connectivity index (χ4v) is 5.21. The summed E-state index contributed by atoms with van der Waals surface area (Å²) in [6.45, 7) is 2.47. The van der Waals surface area contributed by atoms with E-state index in [0.717, 1.165) is 49.8 Å². The zero-order chi connectivity index (χ0) is 27.0. The van der Waals surface area contributed by atoms with Crippen molar-refractivity contribution in [3.63, 3.8) is 0 Å². The van der Waals surface area contributed by atoms with E-state index in [2.05, 4.69) is 64.2 Å². The number of rotatable bonds is 9. The van der Waals surface area contributed by atoms with Crippen LogP contribution in [0.25, 0.3) is 16.5 Å². The van der Waals surface area contributed by atoms with Crippen LogP contribution in [0, 0.1) is 0 Å². The number of allylic oxidation sites excluding steroid dienone is 2. The fraction of sp³-hybridized carbons (Fsp3) is 0.303. The van der Waals surface area contributed by atoms with Crippen LogP contribution in [0.3, 0.4) is 0 Å². The summed E-state index contributed by atoms with van der Waals surface area (Å²) in [5, 5.41) is 8.91. The Labute approximate surface area is 229 Å². The highest BCUT2D eigenvalue weighted by atomic mass is 16.1. The van der Waals surface area contributed by atoms with Crippen LogP contribution in [0.2, 0.25) is 0 Å². The van der Waals surface area contributed by atoms with E-state index in [4.69, 9.17) is 0 Å². The van der Waals surface area contributed by atoms with Crippen LogP contribution in [0.1, 0.15) is 56.6 Å². The van der Waals surface area contributed by atoms with Gasteiger partial charge in [0, 0.05) is 37.1 Å². The molecule has 1 aliphatic carbocycles. The number of carbonyl (C=O) groups is 1. The molecule has 5 rings (SSSR count). The number of nitrogens with zero attached hydrogens (tertiary/aromatic N) is 2. The van der Waals surface area contributed by atoms with Gasteiger partial charge in [0.1, 0.15) is 0 Å². The third-order valence-electron chi connectivity index (χ3n) is 7.37. The van der Waals surface area contributed by atoms with Crippen LogP contribution in [0.4, 0.5) is 5.82 Å². The van der Waals surface area contributed by atoms with Crippen molar-refractivity contribution in [1.29, 1.82) is 0 Å². The molecule has 1 unspecified atom stereocenters. The van der Waals surface area contributed by atoms with Crippen molar-refractivity contribution in [3.05, 3.63) is 112 Å². The van der Waals surface area contributed by atoms with E-state index in [0.29, 0.717) is 18.8 Å². The predicted octanol–water partition coefficient (Wildman–Crippen LogP) is 6.33. The quantitative estimate of drug-likeness (QED) is 0.253. The number of aromatic nitrogens is 2. The Morgan fingerprint density at radius 1 is 1.00 bits per heavy atom. The Balaban J connectivity index is 1.19. The molecule has 0 radical (unpaired) electrons. The third-order valence-corrected chi connectivity index (χ3v) is 7.37. The van der Waals surface area contributed by atoms with Crippen LogP contribution >= 0.6 is 0 Å². The molecule has 0 saturated carbocycles. The molecule has 0 aliphatic heterocycles. The minimum Gasteiger partial charge on any atom is -0.363 e. The molecule has 4 aromatic rings. The molecule has 1 aromatic heterocycles. The largest absolute Gasteiger partial charge is 0.363 e. The summed E-state index contributed by atoms with van der Waals surface area (Å²) in [7, 11) is 0. The number of nitrogens with one attached hydrogen (secondary N) is 2. The van der Waals surface area contributed by atoms with Crippen LogP contribution in [0.5, 0.6) is 0 Å². The van der Waals surface area contributed by atoms with E-state index < -0.39 is 0 Å². The van der Waals surface area contributed by atoms with Crippen LogP contribution in [-0.4, -0.2) is 21.5 Å². The molecule has 0 bridgehead atoms. The topological polar surface area (TPSA) is 76.0 Å². The van der Waals surface area contributed by atoms with E-state index in [1.807, 2.05) is 31.2 Å². The standard InChI is InChI=1S/C33H36N4O2/c1-2-6-31(38)35-23-25-13-17-30(18-14-25)37-20-19-34-32(33(37)39)36-29-10-5-7-24(12-16-29)21-26-11-15-27-8-3-4-9-28(27)22-26/h3-4,7-9,11,13-15,17-20,22,29H,2,5-6,10,12,16,21,23H2,1H3,(H,34,36)(H,35,38). The van der Waals surface area contributed by atoms with Gasteiger partial charge < -0.3 is 10.6 Å². The zero-order valence-corrected chi connectivity index (χ0v) is 22.5. The van der Waals surface area contributed by atoms with E-state index in [9.17, 15) is 9.59 Å². The van der Waals surface area contributed by atoms with Crippen molar-refractivity contribution in [3.8, 4) is 5.69 Å². The molecule has 2 N–H and O–H groups in total. The summed E-state index contributed by atoms with van der Waals surface area (Å²) in [5.74, 6) is 0.438. The first-order valence-electron chi connectivity index (χ1n) is 13.9. The van der Waals surface area contributed by atoms with Gasteiger partial charge in [-0.2, -0.15) is 0 Å². The first kappa shape index (κ1) is 26.4. The normalized spacial score (nSPS) is 15.4. The molecule has 6 nitrogen and oxygen atoms in total. The molecular formula is C33H36N4O2. The van der Waals surface area contributed by atoms with Gasteiger partial charge in [-0.1, -0.05) is 73.2 Å². The first-order chi connectivity index (χ1) is 19.1. The lowest BCUT2D eigenvalue weighted by atomic mass is 9.98. The van der Waals surface area contributed by atoms with Crippen LogP contribution < -0.4 is 16.2 Å². The molecule has 0 fully saturated rings. The lowest BCUT2D eigenvalue weighted by Gasteiger charge is -2.17. The number of hydrogen-bond donors (Lipinski definition) is 2. The van der Waals surface area contributed by atoms with Gasteiger partial charge >= 0.3 is 0 Å². The molecule has 39 heavy (non-hydrogen) atoms. The van der Waals surface area contributed by atoms with Gasteiger partial charge in [0.15, 0.2) is 5.82 Å². The van der Waals surface area contributed by atoms with E-state index in [-0.39, 0.29) is 17.5 Å². The SMILES string of the molecule is CCCC(=O)NCc1ccc(-n2ccnc(NC3CCC=C(Cc4ccc5ccccc5c4)CC3)c2=O)cc1. The van der Waals surface area contributed by atoms with Gasteiger partial charge in [-0.15, -0.1) is 0 Å². The predicted molar refractivity (Wildman–Crippen MR) is 158 cm³/mol. The van der Waals surface area contributed by atoms with Crippen LogP contribution in [0.15, 0.2) is 95.6 Å². The monoisotopic (exact) mass is 520 g/mol. The van der Waals surface area contributed by atoms with Gasteiger partial charge in [-0.25, -0.2) is 4.98 Å². The summed E-state index contributed by atoms with van der Waals surface area (Å²) in [4.78, 5) is 29.4. The molecule has 1 atom stereocenters. The second-order valence-corrected chi connectivity index (χ2v) is 10.3. The number of hydrogen-bond acceptors (Lipinski definition) is 4. The number of fused-ring (bicyclic) bond motifs is 1. The van der Waals surface area contributed by atoms with Gasteiger partial charge in [0.25, 0.3) is 5.56 Å². The number of benzene rings is 3. The number of carbonyl (C=O) groups excluding carboxylic acids is 1. The molecule has 0 spiro atoms. The van der Waals surface area contributed by atoms with Gasteiger partial charge in [-0.3, -0.25) is 14.2 Å². The summed E-state index contributed by atoms with van der Waals surface area (Å²) < 4.78 is 1.62. The summed E-state index contributed by atoms with van der Waals surface area (Å²) >= 11 is 0. The Morgan fingerprint density at radius 3 is 2.62 bits per heavy atom. The van der Waals surface area contributed by atoms with Crippen molar-refractivity contribution in [2.24, 2.45) is 0 Å². The van der Waals surface area contributed by atoms with E-state index >= 15 is 0 Å². The molecule has 3 aromatic carbocycles. The van der Waals surface area contributed by atoms with Crippen molar-refractivity contribution in [1.82, 2.24) is 14.9 Å². The maximum Gasteiger partial charge on any atom is 0.297 e. The average Bonchev–Trinajstić information content (AvgIpc) is 3.18. The Hall–Kier alpha value is -4.19. The molecule has 1 aliphatic rings. The maximum atomic E-state index is 13.3. The second kappa shape index (κ2) is 12.6. The second-order valence-electron chi connectivity index (χ2n) is 10.3. The lowest BCUT2D eigenvalue weighted by Crippen LogP contribution is -2.28. The highest BCUT2D eigenvalue weighted by molar-refractivity contribution is 5.83. The third kappa shape index (κ3) is 6.82. The lowest BCUT2D eigenvalue weighted by molar-refractivity contribution is -0.121. The smallest absolute Gasteiger partial charge is 0.297 e. The van der Waals surface area contributed by atoms with Gasteiger partial charge in [-0.05, 0) is 72.6 Å². The molecular weight excluding hydrogens is 484 g/mol. The zero-order valence-electron chi connectivity index (χ0n) is 22.5. The number of amides is 1. The molecule has 1 heterocycles. The van der Waals surface area contributed by atoms with Gasteiger partial charge in [0.05, 0.1) is 0 Å². The maximum absolute atomic E-state index is 13.3. The highest BCUT2D eigenvalue weighted by Crippen LogP contribution is 2.24. The van der Waals surface area contributed by atoms with Crippen LogP contribution in [-0.2, 0) is 17.8 Å². The van der Waals surface area contributed by atoms with Crippen molar-refractivity contribution >= 4 is 22.5 Å². The van der Waals surface area contributed by atoms with E-state index in [1.54, 1.807) is 17.0 Å². The van der Waals surface area contributed by atoms with Crippen molar-refractivity contribution in [2.45, 2.75) is 64.5 Å². The minimum absolute atomic E-state index is 0.0529. The molecule has 1 amide bonds. The van der Waals surface area contributed by atoms with Gasteiger partial charge in [0.2, 0.25) is 5.91 Å². The first-order valence-corrected chi connectivity index (χ1v) is 13.9. The summed E-state index contributed by atoms with van der Waals surface area (Å²) in [6.07, 6.45) is 12.0.